The molecular weight excluding hydrogens is 230 g/mol. The van der Waals surface area contributed by atoms with Gasteiger partial charge in [-0.05, 0) is 74.2 Å². The van der Waals surface area contributed by atoms with E-state index in [1.807, 2.05) is 7.05 Å². The summed E-state index contributed by atoms with van der Waals surface area (Å²) in [6.45, 7) is 9.68. The molecule has 0 aromatic heterocycles. The molecule has 0 atom stereocenters. The van der Waals surface area contributed by atoms with Crippen molar-refractivity contribution in [2.45, 2.75) is 34.2 Å². The maximum Gasteiger partial charge on any atom is 0.0202 e. The van der Waals surface area contributed by atoms with Crippen LogP contribution >= 0.6 is 0 Å². The second kappa shape index (κ2) is 5.58. The van der Waals surface area contributed by atoms with E-state index in [-0.39, 0.29) is 0 Å². The van der Waals surface area contributed by atoms with Gasteiger partial charge in [-0.3, -0.25) is 0 Å². The van der Waals surface area contributed by atoms with E-state index in [0.29, 0.717) is 0 Å². The van der Waals surface area contributed by atoms with Crippen molar-refractivity contribution in [3.8, 4) is 11.1 Å². The van der Waals surface area contributed by atoms with Gasteiger partial charge in [-0.25, -0.2) is 0 Å². The van der Waals surface area contributed by atoms with Crippen molar-refractivity contribution in [1.82, 2.24) is 5.32 Å². The second-order valence-electron chi connectivity index (χ2n) is 5.45. The summed E-state index contributed by atoms with van der Waals surface area (Å²) in [4.78, 5) is 0. The zero-order chi connectivity index (χ0) is 14.0. The highest BCUT2D eigenvalue weighted by molar-refractivity contribution is 5.74. The monoisotopic (exact) mass is 253 g/mol. The van der Waals surface area contributed by atoms with Crippen molar-refractivity contribution in [2.75, 3.05) is 7.05 Å². The summed E-state index contributed by atoms with van der Waals surface area (Å²) in [6, 6.07) is 11.3. The van der Waals surface area contributed by atoms with Gasteiger partial charge in [0.25, 0.3) is 0 Å². The van der Waals surface area contributed by atoms with Crippen LogP contribution in [0.3, 0.4) is 0 Å². The largest absolute Gasteiger partial charge is 0.316 e. The summed E-state index contributed by atoms with van der Waals surface area (Å²) in [5, 5.41) is 3.22. The summed E-state index contributed by atoms with van der Waals surface area (Å²) >= 11 is 0. The fourth-order valence-corrected chi connectivity index (χ4v) is 2.86. The van der Waals surface area contributed by atoms with Crippen LogP contribution in [0.5, 0.6) is 0 Å². The first-order chi connectivity index (χ1) is 9.02. The van der Waals surface area contributed by atoms with Gasteiger partial charge in [-0.1, -0.05) is 29.8 Å². The summed E-state index contributed by atoms with van der Waals surface area (Å²) in [5.74, 6) is 0. The predicted molar refractivity (Wildman–Crippen MR) is 83.6 cm³/mol. The van der Waals surface area contributed by atoms with Gasteiger partial charge in [-0.2, -0.15) is 0 Å². The van der Waals surface area contributed by atoms with Crippen molar-refractivity contribution in [3.63, 3.8) is 0 Å². The predicted octanol–water partition coefficient (Wildman–Crippen LogP) is 4.31. The van der Waals surface area contributed by atoms with Gasteiger partial charge in [0.15, 0.2) is 0 Å². The van der Waals surface area contributed by atoms with E-state index in [9.17, 15) is 0 Å². The molecule has 0 heterocycles. The maximum atomic E-state index is 3.22. The molecule has 1 N–H and O–H groups in total. The van der Waals surface area contributed by atoms with Gasteiger partial charge >= 0.3 is 0 Å². The number of hydrogen-bond acceptors (Lipinski definition) is 1. The lowest BCUT2D eigenvalue weighted by Gasteiger charge is -2.15. The molecule has 0 unspecified atom stereocenters. The third kappa shape index (κ3) is 2.87. The summed E-state index contributed by atoms with van der Waals surface area (Å²) in [5.41, 5.74) is 9.49. The van der Waals surface area contributed by atoms with Crippen LogP contribution < -0.4 is 5.32 Å². The molecule has 2 rings (SSSR count). The van der Waals surface area contributed by atoms with E-state index < -0.39 is 0 Å². The van der Waals surface area contributed by atoms with Crippen LogP contribution in [0.4, 0.5) is 0 Å². The Hall–Kier alpha value is -1.60. The van der Waals surface area contributed by atoms with E-state index in [2.05, 4.69) is 63.3 Å². The Morgan fingerprint density at radius 2 is 1.47 bits per heavy atom. The first-order valence-corrected chi connectivity index (χ1v) is 6.85. The molecule has 0 radical (unpaired) electrons. The lowest BCUT2D eigenvalue weighted by atomic mass is 9.90. The molecule has 0 fully saturated rings. The molecule has 0 aliphatic heterocycles. The third-order valence-corrected chi connectivity index (χ3v) is 3.63. The molecule has 0 aliphatic carbocycles. The van der Waals surface area contributed by atoms with E-state index in [4.69, 9.17) is 0 Å². The first kappa shape index (κ1) is 13.8. The van der Waals surface area contributed by atoms with Crippen LogP contribution in [-0.4, -0.2) is 7.05 Å². The Bertz CT molecular complexity index is 574. The van der Waals surface area contributed by atoms with E-state index in [1.165, 1.54) is 38.9 Å². The number of benzene rings is 2. The molecule has 19 heavy (non-hydrogen) atoms. The summed E-state index contributed by atoms with van der Waals surface area (Å²) < 4.78 is 0. The van der Waals surface area contributed by atoms with Crippen LogP contribution in [-0.2, 0) is 6.54 Å². The molecule has 0 amide bonds. The van der Waals surface area contributed by atoms with Gasteiger partial charge in [0.2, 0.25) is 0 Å². The standard InChI is InChI=1S/C18H23N/c1-12-8-14(3)18(15(4)9-12)17-10-16(11-19-5)7-6-13(17)2/h6-10,19H,11H2,1-5H3. The Morgan fingerprint density at radius 3 is 2.05 bits per heavy atom. The Balaban J connectivity index is 2.61. The molecule has 100 valence electrons. The number of nitrogens with one attached hydrogen (secondary N) is 1. The van der Waals surface area contributed by atoms with Crippen LogP contribution in [0.1, 0.15) is 27.8 Å². The smallest absolute Gasteiger partial charge is 0.0202 e. The van der Waals surface area contributed by atoms with Gasteiger partial charge < -0.3 is 5.32 Å². The Kier molecular flexibility index (Phi) is 4.06. The normalized spacial score (nSPS) is 10.8. The van der Waals surface area contributed by atoms with Crippen molar-refractivity contribution in [3.05, 3.63) is 58.1 Å². The minimum Gasteiger partial charge on any atom is -0.316 e. The molecular formula is C18H23N. The van der Waals surface area contributed by atoms with E-state index in [1.54, 1.807) is 0 Å². The van der Waals surface area contributed by atoms with E-state index in [0.717, 1.165) is 6.54 Å². The van der Waals surface area contributed by atoms with Crippen molar-refractivity contribution in [2.24, 2.45) is 0 Å². The molecule has 0 spiro atoms. The molecule has 1 heteroatoms. The molecule has 0 saturated heterocycles. The average molecular weight is 253 g/mol. The minimum atomic E-state index is 0.914. The zero-order valence-corrected chi connectivity index (χ0v) is 12.6. The molecule has 2 aromatic rings. The number of aryl methyl sites for hydroxylation is 4. The first-order valence-electron chi connectivity index (χ1n) is 6.85. The highest BCUT2D eigenvalue weighted by Crippen LogP contribution is 2.31. The van der Waals surface area contributed by atoms with Crippen LogP contribution in [0.2, 0.25) is 0 Å². The molecule has 1 nitrogen and oxygen atoms in total. The van der Waals surface area contributed by atoms with Crippen LogP contribution in [0, 0.1) is 27.7 Å². The van der Waals surface area contributed by atoms with Gasteiger partial charge in [0.1, 0.15) is 0 Å². The zero-order valence-electron chi connectivity index (χ0n) is 12.6. The molecule has 0 saturated carbocycles. The Labute approximate surface area is 116 Å². The maximum absolute atomic E-state index is 3.22. The Morgan fingerprint density at radius 1 is 0.842 bits per heavy atom. The van der Waals surface area contributed by atoms with Crippen molar-refractivity contribution < 1.29 is 0 Å². The van der Waals surface area contributed by atoms with Gasteiger partial charge in [0, 0.05) is 6.54 Å². The fourth-order valence-electron chi connectivity index (χ4n) is 2.86. The van der Waals surface area contributed by atoms with Crippen LogP contribution in [0.25, 0.3) is 11.1 Å². The quantitative estimate of drug-likeness (QED) is 0.859. The summed E-state index contributed by atoms with van der Waals surface area (Å²) in [6.07, 6.45) is 0. The van der Waals surface area contributed by atoms with Gasteiger partial charge in [0.05, 0.1) is 0 Å². The highest BCUT2D eigenvalue weighted by atomic mass is 14.8. The molecule has 0 aliphatic rings. The SMILES string of the molecule is CNCc1ccc(C)c(-c2c(C)cc(C)cc2C)c1. The van der Waals surface area contributed by atoms with Crippen molar-refractivity contribution >= 4 is 0 Å². The van der Waals surface area contributed by atoms with Crippen LogP contribution in [0.15, 0.2) is 30.3 Å². The number of hydrogen-bond donors (Lipinski definition) is 1. The number of rotatable bonds is 3. The minimum absolute atomic E-state index is 0.914. The molecule has 2 aromatic carbocycles. The second-order valence-corrected chi connectivity index (χ2v) is 5.45. The third-order valence-electron chi connectivity index (χ3n) is 3.63. The molecule has 0 bridgehead atoms. The lowest BCUT2D eigenvalue weighted by Crippen LogP contribution is -2.05. The lowest BCUT2D eigenvalue weighted by molar-refractivity contribution is 0.818. The van der Waals surface area contributed by atoms with E-state index >= 15 is 0 Å². The average Bonchev–Trinajstić information content (AvgIpc) is 2.32. The topological polar surface area (TPSA) is 12.0 Å². The summed E-state index contributed by atoms with van der Waals surface area (Å²) in [7, 11) is 1.99. The van der Waals surface area contributed by atoms with Gasteiger partial charge in [-0.15, -0.1) is 0 Å². The fraction of sp³-hybridized carbons (Fsp3) is 0.333. The van der Waals surface area contributed by atoms with Crippen molar-refractivity contribution in [1.29, 1.82) is 0 Å². The highest BCUT2D eigenvalue weighted by Gasteiger charge is 2.09.